The van der Waals surface area contributed by atoms with E-state index in [1.54, 1.807) is 12.1 Å². The van der Waals surface area contributed by atoms with E-state index in [-0.39, 0.29) is 23.3 Å². The number of carbonyl (C=O) groups excluding carboxylic acids is 2. The molecule has 0 unspecified atom stereocenters. The first-order valence-corrected chi connectivity index (χ1v) is 14.5. The molecule has 0 radical (unpaired) electrons. The van der Waals surface area contributed by atoms with Gasteiger partial charge in [-0.15, -0.1) is 18.3 Å². The van der Waals surface area contributed by atoms with Crippen LogP contribution in [0.4, 0.5) is 35.3 Å². The molecule has 1 aromatic heterocycles. The zero-order chi connectivity index (χ0) is 31.4. The molecule has 2 heterocycles. The molecule has 0 saturated carbocycles. The topological polar surface area (TPSA) is 114 Å². The van der Waals surface area contributed by atoms with Crippen LogP contribution < -0.4 is 20.3 Å². The third kappa shape index (κ3) is 7.56. The Morgan fingerprint density at radius 1 is 1.09 bits per heavy atom. The smallest absolute Gasteiger partial charge is 0.406 e. The Hall–Kier alpha value is -4.85. The molecule has 14 heteroatoms. The van der Waals surface area contributed by atoms with E-state index in [1.807, 2.05) is 37.3 Å². The van der Waals surface area contributed by atoms with Gasteiger partial charge in [0.25, 0.3) is 0 Å². The van der Waals surface area contributed by atoms with Crippen molar-refractivity contribution in [2.75, 3.05) is 21.3 Å². The number of hydrogen-bond donors (Lipinski definition) is 2. The Bertz CT molecular complexity index is 1690. The quantitative estimate of drug-likeness (QED) is 0.220. The number of amidine groups is 1. The third-order valence-corrected chi connectivity index (χ3v) is 7.42. The number of amides is 3. The molecule has 0 aliphatic carbocycles. The van der Waals surface area contributed by atoms with Gasteiger partial charge in [0, 0.05) is 12.2 Å². The summed E-state index contributed by atoms with van der Waals surface area (Å²) in [6.07, 6.45) is -3.33. The second-order valence-corrected chi connectivity index (χ2v) is 11.1. The molecule has 44 heavy (non-hydrogen) atoms. The Morgan fingerprint density at radius 2 is 1.82 bits per heavy atom. The fourth-order valence-electron chi connectivity index (χ4n) is 4.41. The molecule has 2 N–H and O–H groups in total. The molecule has 0 spiro atoms. The van der Waals surface area contributed by atoms with Gasteiger partial charge in [0.15, 0.2) is 5.17 Å². The van der Waals surface area contributed by atoms with Crippen LogP contribution in [0.1, 0.15) is 36.5 Å². The van der Waals surface area contributed by atoms with Crippen LogP contribution in [0.3, 0.4) is 0 Å². The van der Waals surface area contributed by atoms with Gasteiger partial charge in [0.05, 0.1) is 17.1 Å². The monoisotopic (exact) mass is 623 g/mol. The second-order valence-electron chi connectivity index (χ2n) is 10.2. The summed E-state index contributed by atoms with van der Waals surface area (Å²) < 4.78 is 42.4. The Balaban J connectivity index is 1.18. The number of nitrogens with one attached hydrogen (secondary N) is 2. The molecular weight excluding hydrogens is 595 g/mol. The zero-order valence-electron chi connectivity index (χ0n) is 23.9. The van der Waals surface area contributed by atoms with Crippen LogP contribution in [0, 0.1) is 6.92 Å². The van der Waals surface area contributed by atoms with Crippen LogP contribution in [0.2, 0.25) is 0 Å². The van der Waals surface area contributed by atoms with Crippen molar-refractivity contribution >= 4 is 46.2 Å². The van der Waals surface area contributed by atoms with Crippen molar-refractivity contribution in [2.24, 2.45) is 4.99 Å². The number of anilines is 3. The van der Waals surface area contributed by atoms with E-state index in [0.717, 1.165) is 22.4 Å². The summed E-state index contributed by atoms with van der Waals surface area (Å²) in [6.45, 7) is 6.43. The normalized spacial score (nSPS) is 14.4. The first-order chi connectivity index (χ1) is 20.9. The third-order valence-electron chi connectivity index (χ3n) is 6.49. The van der Waals surface area contributed by atoms with Crippen molar-refractivity contribution in [1.82, 2.24) is 14.8 Å². The largest absolute Gasteiger partial charge is 0.573 e. The Kier molecular flexibility index (Phi) is 8.90. The number of alkyl halides is 3. The highest BCUT2D eigenvalue weighted by Crippen LogP contribution is 2.34. The number of carbonyl (C=O) groups is 2. The van der Waals surface area contributed by atoms with Gasteiger partial charge in [-0.3, -0.25) is 9.69 Å². The fraction of sp³-hybridized carbons (Fsp3) is 0.233. The minimum atomic E-state index is -4.76. The van der Waals surface area contributed by atoms with Crippen molar-refractivity contribution in [3.8, 4) is 11.4 Å². The van der Waals surface area contributed by atoms with E-state index in [0.29, 0.717) is 29.0 Å². The number of thioether (sulfide) groups is 1. The van der Waals surface area contributed by atoms with E-state index in [2.05, 4.69) is 44.3 Å². The molecule has 0 bridgehead atoms. The predicted molar refractivity (Wildman–Crippen MR) is 163 cm³/mol. The van der Waals surface area contributed by atoms with Crippen molar-refractivity contribution in [1.29, 1.82) is 0 Å². The van der Waals surface area contributed by atoms with Crippen molar-refractivity contribution in [3.05, 3.63) is 89.7 Å². The minimum Gasteiger partial charge on any atom is -0.406 e. The van der Waals surface area contributed by atoms with Crippen molar-refractivity contribution in [2.45, 2.75) is 39.6 Å². The lowest BCUT2D eigenvalue weighted by molar-refractivity contribution is -0.274. The summed E-state index contributed by atoms with van der Waals surface area (Å²) in [5.41, 5.74) is 4.66. The van der Waals surface area contributed by atoms with Gasteiger partial charge >= 0.3 is 12.4 Å². The molecule has 1 saturated heterocycles. The van der Waals surface area contributed by atoms with E-state index < -0.39 is 12.4 Å². The van der Waals surface area contributed by atoms with Gasteiger partial charge < -0.3 is 15.4 Å². The maximum absolute atomic E-state index is 12.8. The molecular formula is C30H28F3N7O3S. The Morgan fingerprint density at radius 3 is 2.50 bits per heavy atom. The maximum atomic E-state index is 12.8. The summed E-state index contributed by atoms with van der Waals surface area (Å²) >= 11 is 1.23. The van der Waals surface area contributed by atoms with Crippen molar-refractivity contribution < 1.29 is 27.5 Å². The number of ether oxygens (including phenoxy) is 1. The number of urea groups is 1. The average Bonchev–Trinajstić information content (AvgIpc) is 3.58. The molecule has 0 atom stereocenters. The van der Waals surface area contributed by atoms with Gasteiger partial charge in [0.2, 0.25) is 11.9 Å². The molecule has 228 valence electrons. The lowest BCUT2D eigenvalue weighted by atomic mass is 9.99. The number of aryl methyl sites for hydroxylation is 1. The summed E-state index contributed by atoms with van der Waals surface area (Å²) in [5, 5.41) is 10.4. The van der Waals surface area contributed by atoms with Gasteiger partial charge in [0.1, 0.15) is 12.1 Å². The highest BCUT2D eigenvalue weighted by atomic mass is 32.2. The zero-order valence-corrected chi connectivity index (χ0v) is 24.7. The summed E-state index contributed by atoms with van der Waals surface area (Å²) in [6, 6.07) is 17.7. The Labute approximate surface area is 255 Å². The fourth-order valence-corrected chi connectivity index (χ4v) is 5.27. The molecule has 3 amide bonds. The van der Waals surface area contributed by atoms with E-state index in [1.165, 1.54) is 51.9 Å². The lowest BCUT2D eigenvalue weighted by Crippen LogP contribution is -2.31. The van der Waals surface area contributed by atoms with E-state index in [9.17, 15) is 22.8 Å². The number of aliphatic imine (C=N–C) groups is 1. The van der Waals surface area contributed by atoms with Crippen LogP contribution in [-0.4, -0.2) is 44.0 Å². The summed E-state index contributed by atoms with van der Waals surface area (Å²) in [7, 11) is 0. The van der Waals surface area contributed by atoms with Crippen LogP contribution in [0.15, 0.2) is 78.0 Å². The number of halogens is 3. The minimum absolute atomic E-state index is 0.126. The molecule has 4 aromatic rings. The summed E-state index contributed by atoms with van der Waals surface area (Å²) in [4.78, 5) is 35.5. The molecule has 10 nitrogen and oxygen atoms in total. The predicted octanol–water partition coefficient (Wildman–Crippen LogP) is 6.88. The van der Waals surface area contributed by atoms with Gasteiger partial charge in [-0.2, -0.15) is 4.99 Å². The number of hydrogen-bond acceptors (Lipinski definition) is 7. The SMILES string of the molecule is Cc1ccc(C(C)C)c(N2C(=O)CS/C2=N\C(=O)Nc2ccc(CNc3ncn(-c4ccc(OC(F)(F)F)cc4)n3)cc2)c1. The first kappa shape index (κ1) is 30.6. The molecule has 5 rings (SSSR count). The van der Waals surface area contributed by atoms with Crippen LogP contribution in [0.5, 0.6) is 5.75 Å². The number of nitrogens with zero attached hydrogens (tertiary/aromatic N) is 5. The number of rotatable bonds is 8. The van der Waals surface area contributed by atoms with E-state index >= 15 is 0 Å². The van der Waals surface area contributed by atoms with Gasteiger partial charge in [-0.05, 0) is 72.0 Å². The van der Waals surface area contributed by atoms with Gasteiger partial charge in [-0.25, -0.2) is 14.5 Å². The average molecular weight is 624 g/mol. The standard InChI is InChI=1S/C30H28F3N7O3S/c1-18(2)24-13-4-19(3)14-25(24)40-26(41)16-44-29(40)37-28(42)36-21-7-5-20(6-8-21)15-34-27-35-17-39(38-27)22-9-11-23(12-10-22)43-30(31,32)33/h4-14,17-18H,15-16H2,1-3H3,(H,34,38)(H,36,42)/b37-29-. The van der Waals surface area contributed by atoms with Gasteiger partial charge in [-0.1, -0.05) is 49.9 Å². The molecule has 1 fully saturated rings. The summed E-state index contributed by atoms with van der Waals surface area (Å²) in [5.74, 6) is 0.245. The number of benzene rings is 3. The second kappa shape index (κ2) is 12.8. The van der Waals surface area contributed by atoms with Crippen LogP contribution in [-0.2, 0) is 11.3 Å². The molecule has 3 aromatic carbocycles. The number of aromatic nitrogens is 3. The highest BCUT2D eigenvalue weighted by molar-refractivity contribution is 8.15. The van der Waals surface area contributed by atoms with Crippen LogP contribution in [0.25, 0.3) is 5.69 Å². The first-order valence-electron chi connectivity index (χ1n) is 13.5. The van der Waals surface area contributed by atoms with E-state index in [4.69, 9.17) is 0 Å². The maximum Gasteiger partial charge on any atom is 0.573 e. The lowest BCUT2D eigenvalue weighted by Gasteiger charge is -2.22. The van der Waals surface area contributed by atoms with Crippen molar-refractivity contribution in [3.63, 3.8) is 0 Å². The molecule has 1 aliphatic heterocycles. The molecule has 1 aliphatic rings. The van der Waals surface area contributed by atoms with Crippen LogP contribution >= 0.6 is 11.8 Å². The highest BCUT2D eigenvalue weighted by Gasteiger charge is 2.33.